The van der Waals surface area contributed by atoms with Crippen molar-refractivity contribution >= 4 is 21.9 Å². The van der Waals surface area contributed by atoms with Crippen LogP contribution in [0.15, 0.2) is 47.4 Å². The molecule has 1 saturated heterocycles. The summed E-state index contributed by atoms with van der Waals surface area (Å²) in [6.45, 7) is 0.294. The number of aromatic hydroxyl groups is 1. The van der Waals surface area contributed by atoms with Gasteiger partial charge >= 0.3 is 5.97 Å². The molecule has 1 amide bonds. The number of ether oxygens (including phenoxy) is 1. The monoisotopic (exact) mass is 436 g/mol. The third-order valence-electron chi connectivity index (χ3n) is 4.63. The number of amides is 1. The van der Waals surface area contributed by atoms with Crippen LogP contribution in [0.2, 0.25) is 0 Å². The zero-order valence-electron chi connectivity index (χ0n) is 16.0. The van der Waals surface area contributed by atoms with E-state index in [0.717, 1.165) is 25.0 Å². The molecule has 0 aromatic heterocycles. The molecule has 1 aliphatic heterocycles. The topological polar surface area (TPSA) is 113 Å². The van der Waals surface area contributed by atoms with Gasteiger partial charge in [-0.05, 0) is 48.7 Å². The fourth-order valence-corrected chi connectivity index (χ4v) is 4.52. The van der Waals surface area contributed by atoms with Crippen LogP contribution in [0.4, 0.5) is 4.39 Å². The molecule has 1 fully saturated rings. The molecule has 0 aliphatic carbocycles. The van der Waals surface area contributed by atoms with Crippen LogP contribution in [0.3, 0.4) is 0 Å². The molecule has 2 aromatic carbocycles. The molecule has 0 bridgehead atoms. The highest BCUT2D eigenvalue weighted by Crippen LogP contribution is 2.26. The van der Waals surface area contributed by atoms with Crippen molar-refractivity contribution < 1.29 is 32.2 Å². The minimum absolute atomic E-state index is 0.117. The van der Waals surface area contributed by atoms with E-state index in [1.54, 1.807) is 0 Å². The van der Waals surface area contributed by atoms with Gasteiger partial charge in [-0.15, -0.1) is 0 Å². The Balaban J connectivity index is 1.60. The normalized spacial score (nSPS) is 14.4. The molecule has 0 saturated carbocycles. The van der Waals surface area contributed by atoms with Crippen LogP contribution in [0.25, 0.3) is 0 Å². The van der Waals surface area contributed by atoms with E-state index in [4.69, 9.17) is 4.74 Å². The molecule has 0 radical (unpaired) electrons. The summed E-state index contributed by atoms with van der Waals surface area (Å²) in [5.41, 5.74) is 0.315. The van der Waals surface area contributed by atoms with E-state index in [1.165, 1.54) is 34.6 Å². The molecular formula is C20H21FN2O6S. The first-order valence-corrected chi connectivity index (χ1v) is 10.7. The number of phenolic OH excluding ortho intramolecular Hbond substituents is 1. The summed E-state index contributed by atoms with van der Waals surface area (Å²) >= 11 is 0. The second-order valence-corrected chi connectivity index (χ2v) is 8.71. The van der Waals surface area contributed by atoms with Crippen LogP contribution >= 0.6 is 0 Å². The molecule has 3 rings (SSSR count). The molecular weight excluding hydrogens is 415 g/mol. The van der Waals surface area contributed by atoms with Gasteiger partial charge in [0.1, 0.15) is 17.1 Å². The number of hydrogen-bond donors (Lipinski definition) is 2. The predicted octanol–water partition coefficient (Wildman–Crippen LogP) is 1.79. The summed E-state index contributed by atoms with van der Waals surface area (Å²) in [5, 5.41) is 12.4. The fraction of sp³-hybridized carbons (Fsp3) is 0.300. The maximum absolute atomic E-state index is 12.9. The van der Waals surface area contributed by atoms with Gasteiger partial charge in [-0.25, -0.2) is 17.6 Å². The predicted molar refractivity (Wildman–Crippen MR) is 105 cm³/mol. The third-order valence-corrected chi connectivity index (χ3v) is 6.52. The SMILES string of the molecule is O=C(COC(=O)c1cc(S(=O)(=O)N2CCCC2)ccc1O)NCc1ccc(F)cc1. The molecule has 0 atom stereocenters. The standard InChI is InChI=1S/C20H21FN2O6S/c21-15-5-3-14(4-6-15)12-22-19(25)13-29-20(26)17-11-16(7-8-18(17)24)30(27,28)23-9-1-2-10-23/h3-8,11,24H,1-2,9-10,12-13H2,(H,22,25). The highest BCUT2D eigenvalue weighted by Gasteiger charge is 2.28. The first-order valence-electron chi connectivity index (χ1n) is 9.29. The minimum atomic E-state index is -3.78. The second kappa shape index (κ2) is 9.23. The smallest absolute Gasteiger partial charge is 0.342 e. The summed E-state index contributed by atoms with van der Waals surface area (Å²) in [7, 11) is -3.78. The average molecular weight is 436 g/mol. The van der Waals surface area contributed by atoms with Gasteiger partial charge in [-0.2, -0.15) is 4.31 Å². The van der Waals surface area contributed by atoms with Crippen LogP contribution in [-0.4, -0.2) is 49.4 Å². The summed E-state index contributed by atoms with van der Waals surface area (Å²) in [6.07, 6.45) is 1.53. The van der Waals surface area contributed by atoms with Crippen LogP contribution < -0.4 is 5.32 Å². The lowest BCUT2D eigenvalue weighted by Crippen LogP contribution is -2.29. The Morgan fingerprint density at radius 1 is 1.10 bits per heavy atom. The first-order chi connectivity index (χ1) is 14.3. The number of halogens is 1. The number of carbonyl (C=O) groups is 2. The second-order valence-electron chi connectivity index (χ2n) is 6.77. The number of sulfonamides is 1. The van der Waals surface area contributed by atoms with Crippen LogP contribution in [0.5, 0.6) is 5.75 Å². The zero-order valence-corrected chi connectivity index (χ0v) is 16.8. The lowest BCUT2D eigenvalue weighted by molar-refractivity contribution is -0.124. The maximum Gasteiger partial charge on any atom is 0.342 e. The van der Waals surface area contributed by atoms with Crippen LogP contribution in [-0.2, 0) is 26.1 Å². The van der Waals surface area contributed by atoms with E-state index in [1.807, 2.05) is 0 Å². The van der Waals surface area contributed by atoms with Gasteiger partial charge in [0.25, 0.3) is 5.91 Å². The summed E-state index contributed by atoms with van der Waals surface area (Å²) in [4.78, 5) is 24.0. The van der Waals surface area contributed by atoms with Crippen LogP contribution in [0.1, 0.15) is 28.8 Å². The van der Waals surface area contributed by atoms with E-state index >= 15 is 0 Å². The van der Waals surface area contributed by atoms with Crippen molar-refractivity contribution in [3.05, 3.63) is 59.4 Å². The lowest BCUT2D eigenvalue weighted by atomic mass is 10.2. The van der Waals surface area contributed by atoms with Crippen molar-refractivity contribution in [2.24, 2.45) is 0 Å². The van der Waals surface area contributed by atoms with Gasteiger partial charge in [-0.1, -0.05) is 12.1 Å². The Labute approximate surface area is 173 Å². The fourth-order valence-electron chi connectivity index (χ4n) is 2.98. The van der Waals surface area contributed by atoms with Crippen molar-refractivity contribution in [2.45, 2.75) is 24.3 Å². The number of hydrogen-bond acceptors (Lipinski definition) is 6. The van der Waals surface area contributed by atoms with Crippen molar-refractivity contribution in [3.63, 3.8) is 0 Å². The highest BCUT2D eigenvalue weighted by molar-refractivity contribution is 7.89. The van der Waals surface area contributed by atoms with Crippen LogP contribution in [0, 0.1) is 5.82 Å². The number of nitrogens with one attached hydrogen (secondary N) is 1. The third kappa shape index (κ3) is 5.14. The maximum atomic E-state index is 12.9. The van der Waals surface area contributed by atoms with E-state index in [0.29, 0.717) is 18.7 Å². The molecule has 0 unspecified atom stereocenters. The number of phenols is 1. The number of rotatable bonds is 7. The Morgan fingerprint density at radius 3 is 2.43 bits per heavy atom. The Bertz CT molecular complexity index is 1030. The Morgan fingerprint density at radius 2 is 1.77 bits per heavy atom. The lowest BCUT2D eigenvalue weighted by Gasteiger charge is -2.16. The number of benzene rings is 2. The van der Waals surface area contributed by atoms with E-state index in [9.17, 15) is 27.5 Å². The first kappa shape index (κ1) is 21.7. The minimum Gasteiger partial charge on any atom is -0.507 e. The van der Waals surface area contributed by atoms with Gasteiger partial charge in [0, 0.05) is 19.6 Å². The molecule has 10 heteroatoms. The molecule has 0 spiro atoms. The van der Waals surface area contributed by atoms with Crippen molar-refractivity contribution in [1.29, 1.82) is 0 Å². The molecule has 1 heterocycles. The molecule has 2 aromatic rings. The van der Waals surface area contributed by atoms with Gasteiger partial charge < -0.3 is 15.2 Å². The van der Waals surface area contributed by atoms with E-state index < -0.39 is 40.1 Å². The largest absolute Gasteiger partial charge is 0.507 e. The summed E-state index contributed by atoms with van der Waals surface area (Å²) in [5.74, 6) is -2.48. The van der Waals surface area contributed by atoms with Crippen molar-refractivity contribution in [3.8, 4) is 5.75 Å². The van der Waals surface area contributed by atoms with Crippen molar-refractivity contribution in [2.75, 3.05) is 19.7 Å². The summed E-state index contributed by atoms with van der Waals surface area (Å²) in [6, 6.07) is 8.89. The van der Waals surface area contributed by atoms with Gasteiger partial charge in [-0.3, -0.25) is 4.79 Å². The van der Waals surface area contributed by atoms with Crippen molar-refractivity contribution in [1.82, 2.24) is 9.62 Å². The van der Waals surface area contributed by atoms with Gasteiger partial charge in [0.2, 0.25) is 10.0 Å². The van der Waals surface area contributed by atoms with E-state index in [-0.39, 0.29) is 17.0 Å². The highest BCUT2D eigenvalue weighted by atomic mass is 32.2. The Hall–Kier alpha value is -2.98. The summed E-state index contributed by atoms with van der Waals surface area (Å²) < 4.78 is 44.3. The molecule has 8 nitrogen and oxygen atoms in total. The molecule has 160 valence electrons. The Kier molecular flexibility index (Phi) is 6.68. The molecule has 2 N–H and O–H groups in total. The van der Waals surface area contributed by atoms with E-state index in [2.05, 4.69) is 5.32 Å². The number of esters is 1. The number of carbonyl (C=O) groups excluding carboxylic acids is 2. The molecule has 30 heavy (non-hydrogen) atoms. The number of nitrogens with zero attached hydrogens (tertiary/aromatic N) is 1. The van der Waals surface area contributed by atoms with Gasteiger partial charge in [0.15, 0.2) is 6.61 Å². The average Bonchev–Trinajstić information content (AvgIpc) is 3.27. The van der Waals surface area contributed by atoms with Gasteiger partial charge in [0.05, 0.1) is 4.90 Å². The zero-order chi connectivity index (χ0) is 21.7. The quantitative estimate of drug-likeness (QED) is 0.640. The molecule has 1 aliphatic rings.